The van der Waals surface area contributed by atoms with E-state index < -0.39 is 0 Å². The first kappa shape index (κ1) is 12.5. The number of hydrogen-bond donors (Lipinski definition) is 1. The van der Waals surface area contributed by atoms with Crippen LogP contribution in [0.1, 0.15) is 65.2 Å². The van der Waals surface area contributed by atoms with Crippen molar-refractivity contribution in [1.82, 2.24) is 5.32 Å². The van der Waals surface area contributed by atoms with E-state index in [0.717, 1.165) is 18.8 Å². The van der Waals surface area contributed by atoms with Crippen molar-refractivity contribution in [1.29, 1.82) is 0 Å². The van der Waals surface area contributed by atoms with Crippen molar-refractivity contribution in [2.75, 3.05) is 0 Å². The average Bonchev–Trinajstić information content (AvgIpc) is 2.37. The molecule has 0 aromatic rings. The summed E-state index contributed by atoms with van der Waals surface area (Å²) in [6, 6.07) is 0.465. The minimum Gasteiger partial charge on any atom is -0.353 e. The van der Waals surface area contributed by atoms with Crippen LogP contribution in [0.2, 0.25) is 0 Å². The minimum atomic E-state index is 0.265. The van der Waals surface area contributed by atoms with E-state index in [4.69, 9.17) is 0 Å². The number of amides is 1. The number of rotatable bonds is 5. The predicted octanol–water partition coefficient (Wildman–Crippen LogP) is 3.26. The van der Waals surface area contributed by atoms with Gasteiger partial charge in [-0.2, -0.15) is 0 Å². The molecule has 1 heterocycles. The first-order valence-electron chi connectivity index (χ1n) is 6.48. The Balaban J connectivity index is 2.11. The summed E-state index contributed by atoms with van der Waals surface area (Å²) in [7, 11) is 0. The summed E-state index contributed by atoms with van der Waals surface area (Å²) >= 11 is 0. The van der Waals surface area contributed by atoms with E-state index in [1.165, 1.54) is 38.5 Å². The van der Waals surface area contributed by atoms with Crippen LogP contribution in [0, 0.1) is 5.92 Å². The molecule has 1 saturated heterocycles. The highest BCUT2D eigenvalue weighted by Crippen LogP contribution is 2.15. The van der Waals surface area contributed by atoms with E-state index in [1.54, 1.807) is 0 Å². The van der Waals surface area contributed by atoms with E-state index >= 15 is 0 Å². The molecule has 1 atom stereocenters. The quantitative estimate of drug-likeness (QED) is 0.695. The molecular formula is C13H25NO. The van der Waals surface area contributed by atoms with Gasteiger partial charge >= 0.3 is 0 Å². The molecule has 0 aromatic carbocycles. The fourth-order valence-corrected chi connectivity index (χ4v) is 2.21. The Morgan fingerprint density at radius 1 is 1.33 bits per heavy atom. The average molecular weight is 211 g/mol. The number of nitrogens with one attached hydrogen (secondary N) is 1. The second-order valence-electron chi connectivity index (χ2n) is 5.19. The summed E-state index contributed by atoms with van der Waals surface area (Å²) in [5.41, 5.74) is 0. The first-order chi connectivity index (χ1) is 7.18. The van der Waals surface area contributed by atoms with Gasteiger partial charge in [-0.05, 0) is 25.2 Å². The summed E-state index contributed by atoms with van der Waals surface area (Å²) in [5, 5.41) is 3.13. The lowest BCUT2D eigenvalue weighted by Crippen LogP contribution is -2.32. The molecule has 88 valence electrons. The molecule has 0 saturated carbocycles. The highest BCUT2D eigenvalue weighted by molar-refractivity contribution is 5.76. The molecule has 1 amide bonds. The van der Waals surface area contributed by atoms with E-state index in [-0.39, 0.29) is 5.91 Å². The molecule has 2 heteroatoms. The van der Waals surface area contributed by atoms with Crippen LogP contribution in [-0.2, 0) is 4.79 Å². The Morgan fingerprint density at radius 2 is 2.13 bits per heavy atom. The van der Waals surface area contributed by atoms with E-state index in [0.29, 0.717) is 6.04 Å². The highest BCUT2D eigenvalue weighted by Gasteiger charge is 2.15. The lowest BCUT2D eigenvalue weighted by molar-refractivity contribution is -0.121. The van der Waals surface area contributed by atoms with Gasteiger partial charge in [0.15, 0.2) is 0 Å². The summed E-state index contributed by atoms with van der Waals surface area (Å²) in [4.78, 5) is 11.3. The fraction of sp³-hybridized carbons (Fsp3) is 0.923. The lowest BCUT2D eigenvalue weighted by atomic mass is 10.0. The van der Waals surface area contributed by atoms with E-state index in [2.05, 4.69) is 19.2 Å². The molecule has 0 aliphatic carbocycles. The van der Waals surface area contributed by atoms with Crippen LogP contribution in [0.25, 0.3) is 0 Å². The van der Waals surface area contributed by atoms with Crippen molar-refractivity contribution < 1.29 is 4.79 Å². The molecule has 1 aliphatic heterocycles. The molecule has 1 N–H and O–H groups in total. The maximum atomic E-state index is 11.3. The molecule has 0 aromatic heterocycles. The smallest absolute Gasteiger partial charge is 0.220 e. The fourth-order valence-electron chi connectivity index (χ4n) is 2.21. The summed E-state index contributed by atoms with van der Waals surface area (Å²) < 4.78 is 0. The molecule has 0 bridgehead atoms. The Labute approximate surface area is 93.8 Å². The second kappa shape index (κ2) is 6.86. The van der Waals surface area contributed by atoms with Crippen LogP contribution >= 0.6 is 0 Å². The molecule has 2 nitrogen and oxygen atoms in total. The van der Waals surface area contributed by atoms with E-state index in [1.807, 2.05) is 0 Å². The zero-order chi connectivity index (χ0) is 11.1. The van der Waals surface area contributed by atoms with Gasteiger partial charge < -0.3 is 5.32 Å². The maximum Gasteiger partial charge on any atom is 0.220 e. The van der Waals surface area contributed by atoms with Crippen molar-refractivity contribution in [2.45, 2.75) is 71.3 Å². The largest absolute Gasteiger partial charge is 0.353 e. The van der Waals surface area contributed by atoms with Gasteiger partial charge in [0.05, 0.1) is 0 Å². The molecule has 0 radical (unpaired) electrons. The monoisotopic (exact) mass is 211 g/mol. The standard InChI is InChI=1S/C13H25NO/c1-11(2)7-3-4-8-12-9-5-6-10-13(15)14-12/h11-12H,3-10H2,1-2H3,(H,14,15)/t12-/m0/s1. The van der Waals surface area contributed by atoms with Gasteiger partial charge in [-0.1, -0.05) is 39.5 Å². The Bertz CT molecular complexity index is 189. The van der Waals surface area contributed by atoms with Crippen LogP contribution in [0.5, 0.6) is 0 Å². The minimum absolute atomic E-state index is 0.265. The van der Waals surface area contributed by atoms with Gasteiger partial charge in [-0.25, -0.2) is 0 Å². The first-order valence-corrected chi connectivity index (χ1v) is 6.48. The molecule has 0 unspecified atom stereocenters. The second-order valence-corrected chi connectivity index (χ2v) is 5.19. The van der Waals surface area contributed by atoms with Gasteiger partial charge in [-0.15, -0.1) is 0 Å². The van der Waals surface area contributed by atoms with Crippen LogP contribution in [0.3, 0.4) is 0 Å². The van der Waals surface area contributed by atoms with Crippen molar-refractivity contribution >= 4 is 5.91 Å². The lowest BCUT2D eigenvalue weighted by Gasteiger charge is -2.15. The van der Waals surface area contributed by atoms with Crippen LogP contribution in [0.15, 0.2) is 0 Å². The zero-order valence-electron chi connectivity index (χ0n) is 10.2. The van der Waals surface area contributed by atoms with E-state index in [9.17, 15) is 4.79 Å². The van der Waals surface area contributed by atoms with Crippen LogP contribution in [-0.4, -0.2) is 11.9 Å². The molecule has 1 rings (SSSR count). The third-order valence-electron chi connectivity index (χ3n) is 3.16. The Morgan fingerprint density at radius 3 is 2.87 bits per heavy atom. The Hall–Kier alpha value is -0.530. The molecular weight excluding hydrogens is 186 g/mol. The third-order valence-corrected chi connectivity index (χ3v) is 3.16. The van der Waals surface area contributed by atoms with Gasteiger partial charge in [0, 0.05) is 12.5 Å². The number of carbonyl (C=O) groups is 1. The van der Waals surface area contributed by atoms with Gasteiger partial charge in [0.2, 0.25) is 5.91 Å². The molecule has 1 aliphatic rings. The number of hydrogen-bond acceptors (Lipinski definition) is 1. The van der Waals surface area contributed by atoms with Gasteiger partial charge in [0.25, 0.3) is 0 Å². The summed E-state index contributed by atoms with van der Waals surface area (Å²) in [6.45, 7) is 4.54. The van der Waals surface area contributed by atoms with Gasteiger partial charge in [-0.3, -0.25) is 4.79 Å². The molecule has 15 heavy (non-hydrogen) atoms. The van der Waals surface area contributed by atoms with Crippen molar-refractivity contribution in [2.24, 2.45) is 5.92 Å². The zero-order valence-corrected chi connectivity index (χ0v) is 10.2. The Kier molecular flexibility index (Phi) is 5.74. The predicted molar refractivity (Wildman–Crippen MR) is 63.7 cm³/mol. The van der Waals surface area contributed by atoms with Crippen molar-refractivity contribution in [3.8, 4) is 0 Å². The maximum absolute atomic E-state index is 11.3. The highest BCUT2D eigenvalue weighted by atomic mass is 16.1. The summed E-state index contributed by atoms with van der Waals surface area (Å²) in [6.07, 6.45) is 9.30. The van der Waals surface area contributed by atoms with Gasteiger partial charge in [0.1, 0.15) is 0 Å². The van der Waals surface area contributed by atoms with Crippen LogP contribution in [0.4, 0.5) is 0 Å². The number of unbranched alkanes of at least 4 members (excludes halogenated alkanes) is 1. The summed E-state index contributed by atoms with van der Waals surface area (Å²) in [5.74, 6) is 1.08. The molecule has 1 fully saturated rings. The van der Waals surface area contributed by atoms with Crippen LogP contribution < -0.4 is 5.32 Å². The third kappa shape index (κ3) is 5.81. The SMILES string of the molecule is CC(C)CCCC[C@H]1CCCCC(=O)N1. The molecule has 0 spiro atoms. The normalized spacial score (nSPS) is 22.6. The number of carbonyl (C=O) groups excluding carboxylic acids is 1. The van der Waals surface area contributed by atoms with Crippen molar-refractivity contribution in [3.05, 3.63) is 0 Å². The topological polar surface area (TPSA) is 29.1 Å². The van der Waals surface area contributed by atoms with Crippen molar-refractivity contribution in [3.63, 3.8) is 0 Å².